The number of aromatic nitrogens is 1. The Bertz CT molecular complexity index is 2800. The van der Waals surface area contributed by atoms with Crippen molar-refractivity contribution in [1.82, 2.24) is 4.57 Å². The summed E-state index contributed by atoms with van der Waals surface area (Å²) in [6, 6.07) is 32.1. The van der Waals surface area contributed by atoms with Gasteiger partial charge in [0.1, 0.15) is 0 Å². The molecule has 0 unspecified atom stereocenters. The molecule has 1 aromatic heterocycles. The molecule has 3 heterocycles. The molecule has 0 saturated heterocycles. The lowest BCUT2D eigenvalue weighted by atomic mass is 9.30. The second kappa shape index (κ2) is 9.91. The molecule has 0 bridgehead atoms. The Labute approximate surface area is 321 Å². The number of rotatable bonds is 2. The van der Waals surface area contributed by atoms with Gasteiger partial charge < -0.3 is 4.57 Å². The van der Waals surface area contributed by atoms with Gasteiger partial charge in [0.25, 0.3) is 0 Å². The van der Waals surface area contributed by atoms with Crippen molar-refractivity contribution < 1.29 is 0 Å². The fourth-order valence-electron chi connectivity index (χ4n) is 12.5. The maximum atomic E-state index is 2.74. The highest BCUT2D eigenvalue weighted by molar-refractivity contribution is 7.02. The van der Waals surface area contributed by atoms with Gasteiger partial charge in [-0.3, -0.25) is 0 Å². The Balaban J connectivity index is 1.38. The smallest absolute Gasteiger partial charge is 0.247 e. The zero-order valence-corrected chi connectivity index (χ0v) is 34.1. The number of benzene rings is 7. The molecule has 8 aromatic rings. The Morgan fingerprint density at radius 1 is 0.444 bits per heavy atom. The summed E-state index contributed by atoms with van der Waals surface area (Å²) < 4.78 is 2.74. The molecule has 1 aliphatic carbocycles. The molecule has 1 nitrogen and oxygen atoms in total. The van der Waals surface area contributed by atoms with Gasteiger partial charge in [-0.2, -0.15) is 0 Å². The van der Waals surface area contributed by atoms with Crippen LogP contribution in [-0.4, -0.2) is 18.0 Å². The van der Waals surface area contributed by atoms with Gasteiger partial charge in [0.05, 0.1) is 0 Å². The van der Waals surface area contributed by atoms with Crippen LogP contribution in [0.4, 0.5) is 0 Å². The molecular weight excluding hydrogens is 648 g/mol. The van der Waals surface area contributed by atoms with Crippen LogP contribution in [0.3, 0.4) is 0 Å². The van der Waals surface area contributed by atoms with Crippen molar-refractivity contribution in [2.24, 2.45) is 5.41 Å². The fraction of sp³-hybridized carbons (Fsp3) is 0.294. The van der Waals surface area contributed by atoms with Crippen LogP contribution in [0.15, 0.2) is 78.9 Å². The van der Waals surface area contributed by atoms with Gasteiger partial charge in [0.2, 0.25) is 13.4 Å². The zero-order valence-electron chi connectivity index (χ0n) is 34.1. The van der Waals surface area contributed by atoms with Gasteiger partial charge in [0, 0.05) is 27.5 Å². The molecule has 2 aliphatic heterocycles. The van der Waals surface area contributed by atoms with Crippen LogP contribution in [0, 0.1) is 47.0 Å². The topological polar surface area (TPSA) is 4.93 Å². The van der Waals surface area contributed by atoms with Crippen molar-refractivity contribution in [2.75, 3.05) is 0 Å². The highest BCUT2D eigenvalue weighted by Crippen LogP contribution is 2.62. The van der Waals surface area contributed by atoms with Crippen molar-refractivity contribution in [1.29, 1.82) is 0 Å². The maximum absolute atomic E-state index is 2.74. The lowest BCUT2D eigenvalue weighted by molar-refractivity contribution is 0.125. The van der Waals surface area contributed by atoms with Gasteiger partial charge in [-0.05, 0) is 124 Å². The first-order valence-electron chi connectivity index (χ1n) is 20.2. The highest BCUT2D eigenvalue weighted by atomic mass is 15.0. The molecule has 54 heavy (non-hydrogen) atoms. The van der Waals surface area contributed by atoms with Crippen LogP contribution in [-0.2, 0) is 10.8 Å². The summed E-state index contributed by atoms with van der Waals surface area (Å²) in [6.45, 7) is 29.0. The number of nitrogens with zero attached hydrogens (tertiary/aromatic N) is 1. The van der Waals surface area contributed by atoms with Crippen molar-refractivity contribution in [3.8, 4) is 5.69 Å². The molecule has 7 aromatic carbocycles. The summed E-state index contributed by atoms with van der Waals surface area (Å²) in [5, 5.41) is 8.51. The summed E-state index contributed by atoms with van der Waals surface area (Å²) in [4.78, 5) is 0. The van der Waals surface area contributed by atoms with Gasteiger partial charge in [-0.1, -0.05) is 153 Å². The summed E-state index contributed by atoms with van der Waals surface area (Å²) in [7, 11) is 0. The first kappa shape index (κ1) is 32.7. The van der Waals surface area contributed by atoms with E-state index in [-0.39, 0.29) is 29.7 Å². The quantitative estimate of drug-likeness (QED) is 0.126. The number of fused-ring (bicyclic) bond motifs is 4. The van der Waals surface area contributed by atoms with Gasteiger partial charge >= 0.3 is 0 Å². The minimum Gasteiger partial charge on any atom is -0.311 e. The van der Waals surface area contributed by atoms with Gasteiger partial charge in [0.15, 0.2) is 0 Å². The largest absolute Gasteiger partial charge is 0.311 e. The van der Waals surface area contributed by atoms with Crippen LogP contribution >= 0.6 is 0 Å². The van der Waals surface area contributed by atoms with Crippen LogP contribution in [0.2, 0.25) is 0 Å². The van der Waals surface area contributed by atoms with E-state index in [1.54, 1.807) is 0 Å². The monoisotopic (exact) mass is 697 g/mol. The Kier molecular flexibility index (Phi) is 5.99. The minimum absolute atomic E-state index is 0.0378. The maximum Gasteiger partial charge on any atom is 0.247 e. The molecule has 0 N–H and O–H groups in total. The van der Waals surface area contributed by atoms with E-state index in [9.17, 15) is 0 Å². The third-order valence-electron chi connectivity index (χ3n) is 15.9. The Morgan fingerprint density at radius 3 is 1.22 bits per heavy atom. The molecular formula is C51H49B2N. The van der Waals surface area contributed by atoms with Crippen LogP contribution in [0.1, 0.15) is 86.1 Å². The second-order valence-corrected chi connectivity index (χ2v) is 19.3. The van der Waals surface area contributed by atoms with E-state index in [1.165, 1.54) is 126 Å². The van der Waals surface area contributed by atoms with E-state index in [4.69, 9.17) is 0 Å². The number of hydrogen-bond acceptors (Lipinski definition) is 0. The lowest BCUT2D eigenvalue weighted by Gasteiger charge is -2.44. The van der Waals surface area contributed by atoms with E-state index >= 15 is 0 Å². The van der Waals surface area contributed by atoms with Crippen LogP contribution in [0.5, 0.6) is 0 Å². The molecule has 0 saturated carbocycles. The number of para-hydroxylation sites is 1. The molecule has 0 radical (unpaired) electrons. The van der Waals surface area contributed by atoms with Crippen molar-refractivity contribution in [2.45, 2.75) is 93.9 Å². The zero-order chi connectivity index (χ0) is 37.7. The predicted molar refractivity (Wildman–Crippen MR) is 237 cm³/mol. The standard InChI is InChI=1S/C51H49B2N/c1-26-20-28(3)44(29(4)21-26)52-38-14-13-15-39-46(38)54-47-40(52)18-16-32-34-24-36-37(50(9,10)51(11,12)49(36,7)8)25-35(34)33-17-19-41(48(54)43(33)42(32)47)53(39)45-30(5)22-27(2)23-31(45)6/h13-25H,1-12H3. The van der Waals surface area contributed by atoms with Crippen LogP contribution < -0.4 is 32.8 Å². The highest BCUT2D eigenvalue weighted by Gasteiger charge is 2.57. The third-order valence-corrected chi connectivity index (χ3v) is 15.9. The summed E-state index contributed by atoms with van der Waals surface area (Å²) in [6.07, 6.45) is 0. The third kappa shape index (κ3) is 3.53. The summed E-state index contributed by atoms with van der Waals surface area (Å²) in [5.41, 5.74) is 24.4. The van der Waals surface area contributed by atoms with E-state index in [2.05, 4.69) is 167 Å². The molecule has 3 aliphatic rings. The molecule has 264 valence electrons. The summed E-state index contributed by atoms with van der Waals surface area (Å²) >= 11 is 0. The first-order valence-corrected chi connectivity index (χ1v) is 20.2. The predicted octanol–water partition coefficient (Wildman–Crippen LogP) is 8.63. The molecule has 3 heteroatoms. The fourth-order valence-corrected chi connectivity index (χ4v) is 12.5. The van der Waals surface area contributed by atoms with E-state index in [0.29, 0.717) is 0 Å². The number of aryl methyl sites for hydroxylation is 6. The van der Waals surface area contributed by atoms with E-state index in [0.717, 1.165) is 0 Å². The van der Waals surface area contributed by atoms with E-state index in [1.807, 2.05) is 0 Å². The average Bonchev–Trinajstić information content (AvgIpc) is 3.51. The van der Waals surface area contributed by atoms with Gasteiger partial charge in [-0.15, -0.1) is 0 Å². The SMILES string of the molecule is Cc1cc(C)c(B2c3cccc4c3-n3c5c2ccc2c6cc7c(cc6c6ccc(c3c6c25)B4c2c(C)cc(C)cc2C)C(C)(C)C(C)(C)C7(C)C)c(C)c1. The lowest BCUT2D eigenvalue weighted by Crippen LogP contribution is -2.64. The van der Waals surface area contributed by atoms with Crippen molar-refractivity contribution in [3.63, 3.8) is 0 Å². The molecule has 0 spiro atoms. The van der Waals surface area contributed by atoms with E-state index < -0.39 is 0 Å². The van der Waals surface area contributed by atoms with Crippen molar-refractivity contribution in [3.05, 3.63) is 123 Å². The molecule has 0 fully saturated rings. The molecule has 0 atom stereocenters. The second-order valence-electron chi connectivity index (χ2n) is 19.3. The average molecular weight is 698 g/mol. The van der Waals surface area contributed by atoms with Crippen LogP contribution in [0.25, 0.3) is 49.0 Å². The first-order chi connectivity index (χ1) is 25.6. The minimum atomic E-state index is 0.0378. The Morgan fingerprint density at radius 2 is 0.833 bits per heavy atom. The van der Waals surface area contributed by atoms with Crippen molar-refractivity contribution >= 4 is 89.6 Å². The van der Waals surface area contributed by atoms with Gasteiger partial charge in [-0.25, -0.2) is 0 Å². The Hall–Kier alpha value is -4.75. The normalized spacial score (nSPS) is 17.3. The number of hydrogen-bond donors (Lipinski definition) is 0. The molecule has 11 rings (SSSR count). The summed E-state index contributed by atoms with van der Waals surface area (Å²) in [5.74, 6) is 0. The molecule has 0 amide bonds.